The number of ether oxygens (including phenoxy) is 1. The molecular weight excluding hydrogens is 222 g/mol. The van der Waals surface area contributed by atoms with Crippen molar-refractivity contribution < 1.29 is 4.74 Å². The van der Waals surface area contributed by atoms with Gasteiger partial charge in [0.15, 0.2) is 0 Å². The van der Waals surface area contributed by atoms with Crippen molar-refractivity contribution in [2.75, 3.05) is 13.7 Å². The zero-order chi connectivity index (χ0) is 12.5. The maximum Gasteiger partial charge on any atom is 0.122 e. The molecule has 18 heavy (non-hydrogen) atoms. The Morgan fingerprint density at radius 1 is 1.11 bits per heavy atom. The van der Waals surface area contributed by atoms with E-state index in [2.05, 4.69) is 30.3 Å². The number of nitrogens with two attached hydrogens (primary N) is 1. The van der Waals surface area contributed by atoms with Crippen LogP contribution >= 0.6 is 0 Å². The van der Waals surface area contributed by atoms with Crippen LogP contribution in [0.3, 0.4) is 0 Å². The van der Waals surface area contributed by atoms with Crippen LogP contribution in [-0.4, -0.2) is 13.7 Å². The maximum atomic E-state index is 5.98. The molecule has 92 valence electrons. The summed E-state index contributed by atoms with van der Waals surface area (Å²) in [6.45, 7) is 0.636. The van der Waals surface area contributed by atoms with E-state index in [1.165, 1.54) is 22.3 Å². The second-order valence-corrected chi connectivity index (χ2v) is 4.69. The molecule has 2 aromatic carbocycles. The summed E-state index contributed by atoms with van der Waals surface area (Å²) in [7, 11) is 1.73. The van der Waals surface area contributed by atoms with Gasteiger partial charge in [0.25, 0.3) is 0 Å². The van der Waals surface area contributed by atoms with Crippen LogP contribution in [0.25, 0.3) is 0 Å². The summed E-state index contributed by atoms with van der Waals surface area (Å²) in [5, 5.41) is 0. The third-order valence-corrected chi connectivity index (χ3v) is 3.80. The van der Waals surface area contributed by atoms with E-state index < -0.39 is 0 Å². The largest absolute Gasteiger partial charge is 0.496 e. The van der Waals surface area contributed by atoms with E-state index in [4.69, 9.17) is 10.5 Å². The van der Waals surface area contributed by atoms with Crippen molar-refractivity contribution in [3.8, 4) is 5.75 Å². The molecule has 0 amide bonds. The number of benzene rings is 2. The van der Waals surface area contributed by atoms with Gasteiger partial charge in [0.05, 0.1) is 7.11 Å². The number of hydrogen-bond acceptors (Lipinski definition) is 2. The minimum absolute atomic E-state index is 0.292. The van der Waals surface area contributed by atoms with Crippen LogP contribution < -0.4 is 10.5 Å². The molecule has 0 bridgehead atoms. The molecule has 2 nitrogen and oxygen atoms in total. The quantitative estimate of drug-likeness (QED) is 0.874. The molecule has 0 heterocycles. The fraction of sp³-hybridized carbons (Fsp3) is 0.250. The second-order valence-electron chi connectivity index (χ2n) is 4.69. The summed E-state index contributed by atoms with van der Waals surface area (Å²) >= 11 is 0. The maximum absolute atomic E-state index is 5.98. The molecule has 2 heteroatoms. The van der Waals surface area contributed by atoms with Crippen LogP contribution in [0.2, 0.25) is 0 Å². The number of methoxy groups -OCH3 is 1. The van der Waals surface area contributed by atoms with Crippen LogP contribution in [0.15, 0.2) is 42.5 Å². The van der Waals surface area contributed by atoms with Gasteiger partial charge in [-0.25, -0.2) is 0 Å². The van der Waals surface area contributed by atoms with Crippen molar-refractivity contribution in [3.05, 3.63) is 64.7 Å². The smallest absolute Gasteiger partial charge is 0.122 e. The highest BCUT2D eigenvalue weighted by Crippen LogP contribution is 2.39. The molecule has 0 spiro atoms. The summed E-state index contributed by atoms with van der Waals surface area (Å²) in [5.41, 5.74) is 11.3. The molecular formula is C16H17NO. The molecule has 1 aliphatic carbocycles. The average Bonchev–Trinajstić information content (AvgIpc) is 2.44. The van der Waals surface area contributed by atoms with E-state index in [1.807, 2.05) is 12.1 Å². The summed E-state index contributed by atoms with van der Waals surface area (Å²) in [6, 6.07) is 14.8. The molecule has 0 aliphatic heterocycles. The van der Waals surface area contributed by atoms with Crippen molar-refractivity contribution in [2.24, 2.45) is 5.73 Å². The number of fused-ring (bicyclic) bond motifs is 2. The van der Waals surface area contributed by atoms with Gasteiger partial charge in [-0.3, -0.25) is 0 Å². The van der Waals surface area contributed by atoms with Crippen molar-refractivity contribution in [1.29, 1.82) is 0 Å². The predicted molar refractivity (Wildman–Crippen MR) is 73.1 cm³/mol. The molecule has 0 radical (unpaired) electrons. The molecule has 0 saturated carbocycles. The highest BCUT2D eigenvalue weighted by atomic mass is 16.5. The molecule has 0 aromatic heterocycles. The van der Waals surface area contributed by atoms with Gasteiger partial charge in [-0.05, 0) is 22.8 Å². The van der Waals surface area contributed by atoms with Gasteiger partial charge in [-0.2, -0.15) is 0 Å². The Morgan fingerprint density at radius 2 is 1.89 bits per heavy atom. The Bertz CT molecular complexity index is 577. The minimum atomic E-state index is 0.292. The molecule has 0 fully saturated rings. The number of hydrogen-bond donors (Lipinski definition) is 1. The first-order chi connectivity index (χ1) is 8.85. The first-order valence-corrected chi connectivity index (χ1v) is 6.28. The van der Waals surface area contributed by atoms with Crippen LogP contribution in [0, 0.1) is 0 Å². The molecule has 1 atom stereocenters. The van der Waals surface area contributed by atoms with Gasteiger partial charge >= 0.3 is 0 Å². The standard InChI is InChI=1S/C16H17NO/c1-18-16-8-4-7-13-14(16)9-11-5-2-3-6-12(11)15(13)10-17/h2-8,15H,9-10,17H2,1H3/t15-/m0/s1. The zero-order valence-corrected chi connectivity index (χ0v) is 10.5. The Hall–Kier alpha value is -1.80. The Labute approximate surface area is 107 Å². The Morgan fingerprint density at radius 3 is 2.67 bits per heavy atom. The average molecular weight is 239 g/mol. The van der Waals surface area contributed by atoms with E-state index in [-0.39, 0.29) is 0 Å². The van der Waals surface area contributed by atoms with Gasteiger partial charge in [0.2, 0.25) is 0 Å². The van der Waals surface area contributed by atoms with Crippen LogP contribution in [0.5, 0.6) is 5.75 Å². The van der Waals surface area contributed by atoms with Crippen LogP contribution in [0.1, 0.15) is 28.2 Å². The van der Waals surface area contributed by atoms with Crippen LogP contribution in [0.4, 0.5) is 0 Å². The normalized spacial score (nSPS) is 16.9. The third kappa shape index (κ3) is 1.61. The lowest BCUT2D eigenvalue weighted by Gasteiger charge is -2.28. The van der Waals surface area contributed by atoms with Crippen molar-refractivity contribution in [3.63, 3.8) is 0 Å². The first-order valence-electron chi connectivity index (χ1n) is 6.28. The zero-order valence-electron chi connectivity index (χ0n) is 10.5. The lowest BCUT2D eigenvalue weighted by Crippen LogP contribution is -2.21. The Kier molecular flexibility index (Phi) is 2.80. The molecule has 3 rings (SSSR count). The Balaban J connectivity index is 2.20. The lowest BCUT2D eigenvalue weighted by atomic mass is 9.78. The fourth-order valence-electron chi connectivity index (χ4n) is 2.94. The SMILES string of the molecule is COc1cccc2c1Cc1ccccc1[C@@H]2CN. The highest BCUT2D eigenvalue weighted by Gasteiger charge is 2.25. The minimum Gasteiger partial charge on any atom is -0.496 e. The molecule has 1 aliphatic rings. The van der Waals surface area contributed by atoms with Gasteiger partial charge in [0, 0.05) is 24.4 Å². The molecule has 0 saturated heterocycles. The third-order valence-electron chi connectivity index (χ3n) is 3.80. The molecule has 2 aromatic rings. The van der Waals surface area contributed by atoms with Crippen molar-refractivity contribution in [1.82, 2.24) is 0 Å². The van der Waals surface area contributed by atoms with Gasteiger partial charge in [-0.1, -0.05) is 36.4 Å². The van der Waals surface area contributed by atoms with Crippen LogP contribution in [-0.2, 0) is 6.42 Å². The molecule has 2 N–H and O–H groups in total. The second kappa shape index (κ2) is 4.46. The lowest BCUT2D eigenvalue weighted by molar-refractivity contribution is 0.409. The van der Waals surface area contributed by atoms with E-state index in [1.54, 1.807) is 7.11 Å². The first kappa shape index (κ1) is 11.3. The number of rotatable bonds is 2. The summed E-state index contributed by atoms with van der Waals surface area (Å²) < 4.78 is 5.48. The van der Waals surface area contributed by atoms with Gasteiger partial charge < -0.3 is 10.5 Å². The highest BCUT2D eigenvalue weighted by molar-refractivity contribution is 5.54. The topological polar surface area (TPSA) is 35.2 Å². The van der Waals surface area contributed by atoms with Gasteiger partial charge in [0.1, 0.15) is 5.75 Å². The van der Waals surface area contributed by atoms with E-state index in [0.717, 1.165) is 12.2 Å². The van der Waals surface area contributed by atoms with E-state index >= 15 is 0 Å². The predicted octanol–water partition coefficient (Wildman–Crippen LogP) is 2.69. The van der Waals surface area contributed by atoms with Gasteiger partial charge in [-0.15, -0.1) is 0 Å². The fourth-order valence-corrected chi connectivity index (χ4v) is 2.94. The van der Waals surface area contributed by atoms with E-state index in [9.17, 15) is 0 Å². The summed E-state index contributed by atoms with van der Waals surface area (Å²) in [4.78, 5) is 0. The molecule has 0 unspecified atom stereocenters. The van der Waals surface area contributed by atoms with E-state index in [0.29, 0.717) is 12.5 Å². The monoisotopic (exact) mass is 239 g/mol. The summed E-state index contributed by atoms with van der Waals surface area (Å²) in [6.07, 6.45) is 0.937. The van der Waals surface area contributed by atoms with Crippen molar-refractivity contribution in [2.45, 2.75) is 12.3 Å². The summed E-state index contributed by atoms with van der Waals surface area (Å²) in [5.74, 6) is 1.26. The van der Waals surface area contributed by atoms with Crippen molar-refractivity contribution >= 4 is 0 Å².